The first-order valence-corrected chi connectivity index (χ1v) is 11.7. The van der Waals surface area contributed by atoms with Gasteiger partial charge < -0.3 is 9.64 Å². The normalized spacial score (nSPS) is 15.6. The molecule has 0 saturated carbocycles. The second kappa shape index (κ2) is 9.97. The molecule has 8 nitrogen and oxygen atoms in total. The molecule has 5 rings (SSSR count). The number of hydrogen-bond donors (Lipinski definition) is 0. The van der Waals surface area contributed by atoms with Crippen LogP contribution >= 0.6 is 0 Å². The lowest BCUT2D eigenvalue weighted by molar-refractivity contribution is 0.0598. The molecule has 1 aliphatic rings. The Labute approximate surface area is 204 Å². The standard InChI is InChI=1S/C27H26N6O2/c1-18-6-8-23(9-7-18)35-25-11-19(2)31-26(32-25)24-5-3-4-10-33(24)27(34)21-12-20(13-28-14-21)22-15-29-17-30-16-22/h6-9,11-17,24H,3-5,10H2,1-2H3/t24-/m0/s1. The zero-order valence-electron chi connectivity index (χ0n) is 19.8. The number of aromatic nitrogens is 5. The van der Waals surface area contributed by atoms with Crippen molar-refractivity contribution in [3.05, 3.63) is 90.2 Å². The number of carbonyl (C=O) groups excluding carboxylic acids is 1. The molecule has 8 heteroatoms. The third kappa shape index (κ3) is 5.16. The molecule has 0 spiro atoms. The zero-order chi connectivity index (χ0) is 24.2. The summed E-state index contributed by atoms with van der Waals surface area (Å²) in [6.45, 7) is 4.58. The number of likely N-dealkylation sites (tertiary alicyclic amines) is 1. The van der Waals surface area contributed by atoms with Gasteiger partial charge in [0.05, 0.1) is 11.6 Å². The van der Waals surface area contributed by atoms with E-state index < -0.39 is 0 Å². The maximum absolute atomic E-state index is 13.6. The fraction of sp³-hybridized carbons (Fsp3) is 0.259. The number of nitrogens with zero attached hydrogens (tertiary/aromatic N) is 6. The molecule has 3 aromatic heterocycles. The van der Waals surface area contributed by atoms with Gasteiger partial charge in [0.2, 0.25) is 5.88 Å². The van der Waals surface area contributed by atoms with Crippen molar-refractivity contribution in [3.8, 4) is 22.8 Å². The molecular formula is C27H26N6O2. The van der Waals surface area contributed by atoms with Crippen LogP contribution in [0.2, 0.25) is 0 Å². The summed E-state index contributed by atoms with van der Waals surface area (Å²) in [5.41, 5.74) is 4.08. The van der Waals surface area contributed by atoms with Crippen LogP contribution < -0.4 is 4.74 Å². The van der Waals surface area contributed by atoms with Crippen LogP contribution in [0.1, 0.15) is 52.7 Å². The molecule has 4 heterocycles. The number of benzene rings is 1. The Hall–Kier alpha value is -4.20. The van der Waals surface area contributed by atoms with Gasteiger partial charge in [0.15, 0.2) is 5.82 Å². The van der Waals surface area contributed by atoms with E-state index in [1.807, 2.05) is 55.1 Å². The lowest BCUT2D eigenvalue weighted by Crippen LogP contribution is -2.39. The van der Waals surface area contributed by atoms with Gasteiger partial charge in [-0.2, -0.15) is 4.98 Å². The fourth-order valence-electron chi connectivity index (χ4n) is 4.26. The van der Waals surface area contributed by atoms with Crippen LogP contribution in [-0.2, 0) is 0 Å². The third-order valence-corrected chi connectivity index (χ3v) is 6.03. The fourth-order valence-corrected chi connectivity index (χ4v) is 4.26. The van der Waals surface area contributed by atoms with Crippen molar-refractivity contribution in [1.29, 1.82) is 0 Å². The summed E-state index contributed by atoms with van der Waals surface area (Å²) in [6, 6.07) is 11.2. The number of aryl methyl sites for hydroxylation is 2. The Morgan fingerprint density at radius 1 is 0.914 bits per heavy atom. The molecule has 0 unspecified atom stereocenters. The van der Waals surface area contributed by atoms with E-state index in [1.165, 1.54) is 6.33 Å². The maximum atomic E-state index is 13.6. The zero-order valence-corrected chi connectivity index (χ0v) is 19.8. The van der Waals surface area contributed by atoms with Gasteiger partial charge in [0.1, 0.15) is 12.1 Å². The number of amides is 1. The van der Waals surface area contributed by atoms with Crippen LogP contribution in [0.15, 0.2) is 67.5 Å². The number of hydrogen-bond acceptors (Lipinski definition) is 7. The van der Waals surface area contributed by atoms with E-state index in [2.05, 4.69) is 19.9 Å². The summed E-state index contributed by atoms with van der Waals surface area (Å²) in [7, 11) is 0. The van der Waals surface area contributed by atoms with E-state index in [1.54, 1.807) is 24.8 Å². The van der Waals surface area contributed by atoms with Crippen molar-refractivity contribution < 1.29 is 9.53 Å². The van der Waals surface area contributed by atoms with E-state index in [9.17, 15) is 4.79 Å². The first-order chi connectivity index (χ1) is 17.1. The van der Waals surface area contributed by atoms with E-state index in [0.29, 0.717) is 29.6 Å². The molecule has 35 heavy (non-hydrogen) atoms. The van der Waals surface area contributed by atoms with Crippen LogP contribution in [-0.4, -0.2) is 42.3 Å². The van der Waals surface area contributed by atoms with E-state index >= 15 is 0 Å². The van der Waals surface area contributed by atoms with Crippen LogP contribution in [0.4, 0.5) is 0 Å². The molecule has 1 atom stereocenters. The molecule has 1 amide bonds. The first-order valence-electron chi connectivity index (χ1n) is 11.7. The highest BCUT2D eigenvalue weighted by Crippen LogP contribution is 2.32. The van der Waals surface area contributed by atoms with Crippen molar-refractivity contribution in [2.75, 3.05) is 6.54 Å². The van der Waals surface area contributed by atoms with Gasteiger partial charge in [-0.15, -0.1) is 0 Å². The Balaban J connectivity index is 1.42. The van der Waals surface area contributed by atoms with Crippen molar-refractivity contribution in [3.63, 3.8) is 0 Å². The Bertz CT molecular complexity index is 1330. The van der Waals surface area contributed by atoms with Crippen LogP contribution in [0, 0.1) is 13.8 Å². The molecule has 0 aliphatic carbocycles. The van der Waals surface area contributed by atoms with Gasteiger partial charge in [0, 0.05) is 54.2 Å². The van der Waals surface area contributed by atoms with E-state index in [0.717, 1.165) is 41.6 Å². The lowest BCUT2D eigenvalue weighted by Gasteiger charge is -2.35. The van der Waals surface area contributed by atoms with Gasteiger partial charge in [-0.3, -0.25) is 9.78 Å². The molecule has 1 aromatic carbocycles. The molecule has 0 bridgehead atoms. The SMILES string of the molecule is Cc1ccc(Oc2cc(C)nc([C@@H]3CCCCN3C(=O)c3cncc(-c4cncnc4)c3)n2)cc1. The predicted molar refractivity (Wildman–Crippen MR) is 131 cm³/mol. The Morgan fingerprint density at radius 3 is 2.49 bits per heavy atom. The second-order valence-electron chi connectivity index (χ2n) is 8.72. The van der Waals surface area contributed by atoms with Crippen LogP contribution in [0.3, 0.4) is 0 Å². The van der Waals surface area contributed by atoms with Gasteiger partial charge in [-0.05, 0) is 51.3 Å². The van der Waals surface area contributed by atoms with Crippen LogP contribution in [0.25, 0.3) is 11.1 Å². The molecule has 1 aliphatic heterocycles. The van der Waals surface area contributed by atoms with E-state index in [-0.39, 0.29) is 11.9 Å². The van der Waals surface area contributed by atoms with Gasteiger partial charge in [-0.25, -0.2) is 15.0 Å². The Kier molecular flexibility index (Phi) is 6.43. The maximum Gasteiger partial charge on any atom is 0.256 e. The first kappa shape index (κ1) is 22.6. The molecule has 1 saturated heterocycles. The van der Waals surface area contributed by atoms with Crippen molar-refractivity contribution >= 4 is 5.91 Å². The monoisotopic (exact) mass is 466 g/mol. The van der Waals surface area contributed by atoms with Gasteiger partial charge in [0.25, 0.3) is 5.91 Å². The second-order valence-corrected chi connectivity index (χ2v) is 8.72. The molecular weight excluding hydrogens is 440 g/mol. The quantitative estimate of drug-likeness (QED) is 0.404. The summed E-state index contributed by atoms with van der Waals surface area (Å²) < 4.78 is 6.01. The molecule has 1 fully saturated rings. The largest absolute Gasteiger partial charge is 0.439 e. The summed E-state index contributed by atoms with van der Waals surface area (Å²) in [5.74, 6) is 1.69. The summed E-state index contributed by atoms with van der Waals surface area (Å²) in [5, 5.41) is 0. The molecule has 0 N–H and O–H groups in total. The van der Waals surface area contributed by atoms with Gasteiger partial charge in [-0.1, -0.05) is 17.7 Å². The average Bonchev–Trinajstić information content (AvgIpc) is 2.90. The number of piperidine rings is 1. The van der Waals surface area contributed by atoms with Gasteiger partial charge >= 0.3 is 0 Å². The topological polar surface area (TPSA) is 94.0 Å². The smallest absolute Gasteiger partial charge is 0.256 e. The molecule has 4 aromatic rings. The van der Waals surface area contributed by atoms with Crippen molar-refractivity contribution in [2.24, 2.45) is 0 Å². The number of pyridine rings is 1. The highest BCUT2D eigenvalue weighted by molar-refractivity contribution is 5.95. The number of rotatable bonds is 5. The van der Waals surface area contributed by atoms with E-state index in [4.69, 9.17) is 9.72 Å². The molecule has 0 radical (unpaired) electrons. The number of carbonyl (C=O) groups is 1. The summed E-state index contributed by atoms with van der Waals surface area (Å²) in [6.07, 6.45) is 10.9. The number of ether oxygens (including phenoxy) is 1. The average molecular weight is 467 g/mol. The molecule has 176 valence electrons. The summed E-state index contributed by atoms with van der Waals surface area (Å²) >= 11 is 0. The minimum atomic E-state index is -0.236. The Morgan fingerprint density at radius 2 is 1.69 bits per heavy atom. The highest BCUT2D eigenvalue weighted by Gasteiger charge is 2.31. The lowest BCUT2D eigenvalue weighted by atomic mass is 9.99. The van der Waals surface area contributed by atoms with Crippen molar-refractivity contribution in [2.45, 2.75) is 39.2 Å². The van der Waals surface area contributed by atoms with Crippen LogP contribution in [0.5, 0.6) is 11.6 Å². The predicted octanol–water partition coefficient (Wildman–Crippen LogP) is 5.11. The van der Waals surface area contributed by atoms with Crippen molar-refractivity contribution in [1.82, 2.24) is 29.8 Å². The minimum absolute atomic E-state index is 0.0907. The summed E-state index contributed by atoms with van der Waals surface area (Å²) in [4.78, 5) is 37.3. The highest BCUT2D eigenvalue weighted by atomic mass is 16.5. The third-order valence-electron chi connectivity index (χ3n) is 6.03. The minimum Gasteiger partial charge on any atom is -0.439 e.